The first kappa shape index (κ1) is 17.0. The third-order valence-electron chi connectivity index (χ3n) is 2.99. The highest BCUT2D eigenvalue weighted by Gasteiger charge is 2.29. The minimum atomic E-state index is -4.35. The highest BCUT2D eigenvalue weighted by Crippen LogP contribution is 2.30. The summed E-state index contributed by atoms with van der Waals surface area (Å²) < 4.78 is 37.3. The van der Waals surface area contributed by atoms with Gasteiger partial charge in [0.1, 0.15) is 0 Å². The van der Waals surface area contributed by atoms with Crippen molar-refractivity contribution in [2.75, 3.05) is 6.54 Å². The summed E-state index contributed by atoms with van der Waals surface area (Å²) in [6.07, 6.45) is -3.60. The van der Waals surface area contributed by atoms with Crippen LogP contribution in [-0.4, -0.2) is 11.7 Å². The van der Waals surface area contributed by atoms with Crippen LogP contribution in [0.3, 0.4) is 0 Å². The average Bonchev–Trinajstić information content (AvgIpc) is 2.54. The Bertz CT molecular complexity index is 716. The van der Waals surface area contributed by atoms with E-state index >= 15 is 0 Å². The lowest BCUT2D eigenvalue weighted by molar-refractivity contribution is -0.137. The molecule has 0 aromatic heterocycles. The zero-order chi connectivity index (χ0) is 16.7. The topological polar surface area (TPSA) is 37.1 Å². The molecule has 0 spiro atoms. The molecule has 0 saturated carbocycles. The second-order valence-electron chi connectivity index (χ2n) is 4.63. The lowest BCUT2D eigenvalue weighted by Crippen LogP contribution is -2.03. The van der Waals surface area contributed by atoms with Gasteiger partial charge in [-0.1, -0.05) is 12.1 Å². The molecule has 0 fully saturated rings. The molecule has 0 unspecified atom stereocenters. The first-order valence-electron chi connectivity index (χ1n) is 6.70. The number of aliphatic imine (C=N–C) groups is 1. The van der Waals surface area contributed by atoms with Crippen LogP contribution in [0.5, 0.6) is 0 Å². The fourth-order valence-electron chi connectivity index (χ4n) is 1.79. The number of rotatable bonds is 5. The van der Waals surface area contributed by atoms with Crippen LogP contribution < -0.4 is 0 Å². The van der Waals surface area contributed by atoms with E-state index in [9.17, 15) is 13.2 Å². The second-order valence-corrected chi connectivity index (χ2v) is 4.82. The molecule has 2 aromatic carbocycles. The maximum atomic E-state index is 12.4. The van der Waals surface area contributed by atoms with Crippen molar-refractivity contribution in [1.82, 2.24) is 0 Å². The molecular formula is C16H12F3N3S. The number of hydrogen-bond donors (Lipinski definition) is 0. The Morgan fingerprint density at radius 3 is 1.87 bits per heavy atom. The van der Waals surface area contributed by atoms with Gasteiger partial charge in [0.25, 0.3) is 0 Å². The molecular weight excluding hydrogens is 323 g/mol. The van der Waals surface area contributed by atoms with Gasteiger partial charge in [-0.15, -0.1) is 0 Å². The molecule has 0 aliphatic heterocycles. The van der Waals surface area contributed by atoms with Gasteiger partial charge in [-0.25, -0.2) is 4.99 Å². The van der Waals surface area contributed by atoms with E-state index in [1.807, 2.05) is 12.1 Å². The van der Waals surface area contributed by atoms with Crippen LogP contribution in [0.1, 0.15) is 11.1 Å². The molecule has 0 amide bonds. The van der Waals surface area contributed by atoms with Crippen molar-refractivity contribution < 1.29 is 13.2 Å². The number of isothiocyanates is 1. The molecule has 2 aromatic rings. The zero-order valence-corrected chi connectivity index (χ0v) is 12.7. The van der Waals surface area contributed by atoms with Gasteiger partial charge < -0.3 is 0 Å². The Morgan fingerprint density at radius 1 is 0.870 bits per heavy atom. The summed E-state index contributed by atoms with van der Waals surface area (Å²) >= 11 is 4.49. The maximum absolute atomic E-state index is 12.4. The van der Waals surface area contributed by atoms with E-state index in [1.165, 1.54) is 12.1 Å². The van der Waals surface area contributed by atoms with Crippen LogP contribution >= 0.6 is 12.2 Å². The molecule has 0 heterocycles. The summed E-state index contributed by atoms with van der Waals surface area (Å²) in [5, 5.41) is 10.2. The van der Waals surface area contributed by atoms with Gasteiger partial charge in [-0.2, -0.15) is 23.4 Å². The molecule has 3 nitrogen and oxygen atoms in total. The zero-order valence-electron chi connectivity index (χ0n) is 11.9. The van der Waals surface area contributed by atoms with Gasteiger partial charge >= 0.3 is 6.18 Å². The molecule has 0 aliphatic rings. The number of thiocarbonyl (C=S) groups is 1. The Balaban J connectivity index is 2.01. The third kappa shape index (κ3) is 5.39. The summed E-state index contributed by atoms with van der Waals surface area (Å²) in [5.41, 5.74) is 1.34. The van der Waals surface area contributed by atoms with Gasteiger partial charge in [-0.05, 0) is 60.6 Å². The maximum Gasteiger partial charge on any atom is 0.416 e. The molecule has 23 heavy (non-hydrogen) atoms. The van der Waals surface area contributed by atoms with Crippen molar-refractivity contribution in [2.24, 2.45) is 15.2 Å². The van der Waals surface area contributed by atoms with E-state index in [0.717, 1.165) is 24.1 Å². The van der Waals surface area contributed by atoms with Crippen LogP contribution in [0.25, 0.3) is 0 Å². The fraction of sp³-hybridized carbons (Fsp3) is 0.188. The van der Waals surface area contributed by atoms with E-state index in [0.29, 0.717) is 17.9 Å². The van der Waals surface area contributed by atoms with Gasteiger partial charge in [0.05, 0.1) is 28.6 Å². The molecule has 7 heteroatoms. The molecule has 0 bridgehead atoms. The number of benzene rings is 2. The quantitative estimate of drug-likeness (QED) is 0.388. The summed E-state index contributed by atoms with van der Waals surface area (Å²) in [6.45, 7) is 0.579. The van der Waals surface area contributed by atoms with Gasteiger partial charge in [0.15, 0.2) is 0 Å². The minimum absolute atomic E-state index is 0.359. The Kier molecular flexibility index (Phi) is 5.73. The third-order valence-corrected chi connectivity index (χ3v) is 3.12. The lowest BCUT2D eigenvalue weighted by atomic mass is 10.1. The van der Waals surface area contributed by atoms with Crippen LogP contribution in [0.4, 0.5) is 24.5 Å². The highest BCUT2D eigenvalue weighted by molar-refractivity contribution is 7.78. The molecule has 0 atom stereocenters. The first-order chi connectivity index (χ1) is 11.0. The summed E-state index contributed by atoms with van der Waals surface area (Å²) in [6, 6.07) is 11.9. The van der Waals surface area contributed by atoms with Crippen molar-refractivity contribution in [3.8, 4) is 0 Å². The molecule has 0 radical (unpaired) electrons. The standard InChI is InChI=1S/C16H12F3N3S/c17-16(18,19)13-3-7-15(8-4-13)22-21-14-5-1-12(2-6-14)9-10-20-11-23/h1-8H,9-10H2. The smallest absolute Gasteiger partial charge is 0.232 e. The number of halogens is 3. The van der Waals surface area contributed by atoms with Crippen molar-refractivity contribution in [2.45, 2.75) is 12.6 Å². The van der Waals surface area contributed by atoms with Crippen LogP contribution in [0, 0.1) is 0 Å². The van der Waals surface area contributed by atoms with Crippen molar-refractivity contribution in [3.63, 3.8) is 0 Å². The van der Waals surface area contributed by atoms with E-state index in [4.69, 9.17) is 0 Å². The SMILES string of the molecule is FC(F)(F)c1ccc(N=Nc2ccc(CCN=C=S)cc2)cc1. The van der Waals surface area contributed by atoms with Crippen molar-refractivity contribution in [3.05, 3.63) is 59.7 Å². The summed E-state index contributed by atoms with van der Waals surface area (Å²) in [7, 11) is 0. The predicted molar refractivity (Wildman–Crippen MR) is 85.7 cm³/mol. The Hall–Kier alpha value is -2.37. The predicted octanol–water partition coefficient (Wildman–Crippen LogP) is 5.77. The molecule has 0 saturated heterocycles. The minimum Gasteiger partial charge on any atom is -0.232 e. The number of alkyl halides is 3. The van der Waals surface area contributed by atoms with Gasteiger partial charge in [-0.3, -0.25) is 0 Å². The van der Waals surface area contributed by atoms with E-state index in [2.05, 4.69) is 32.6 Å². The average molecular weight is 335 g/mol. The number of azo groups is 1. The number of hydrogen-bond acceptors (Lipinski definition) is 4. The van der Waals surface area contributed by atoms with Crippen LogP contribution in [0.2, 0.25) is 0 Å². The van der Waals surface area contributed by atoms with Gasteiger partial charge in [0, 0.05) is 0 Å². The van der Waals surface area contributed by atoms with Crippen LogP contribution in [0.15, 0.2) is 63.8 Å². The number of nitrogens with zero attached hydrogens (tertiary/aromatic N) is 3. The second kappa shape index (κ2) is 7.76. The lowest BCUT2D eigenvalue weighted by Gasteiger charge is -2.05. The summed E-state index contributed by atoms with van der Waals surface area (Å²) in [5.74, 6) is 0. The van der Waals surface area contributed by atoms with Crippen LogP contribution in [-0.2, 0) is 12.6 Å². The Morgan fingerprint density at radius 2 is 1.39 bits per heavy atom. The van der Waals surface area contributed by atoms with E-state index in [-0.39, 0.29) is 0 Å². The van der Waals surface area contributed by atoms with Crippen molar-refractivity contribution in [1.29, 1.82) is 0 Å². The first-order valence-corrected chi connectivity index (χ1v) is 7.11. The summed E-state index contributed by atoms with van der Waals surface area (Å²) in [4.78, 5) is 3.83. The molecule has 0 aliphatic carbocycles. The van der Waals surface area contributed by atoms with Gasteiger partial charge in [0.2, 0.25) is 0 Å². The highest BCUT2D eigenvalue weighted by atomic mass is 32.1. The Labute approximate surface area is 136 Å². The normalized spacial score (nSPS) is 11.4. The molecule has 0 N–H and O–H groups in total. The fourth-order valence-corrected chi connectivity index (χ4v) is 1.88. The van der Waals surface area contributed by atoms with E-state index < -0.39 is 11.7 Å². The molecule has 2 rings (SSSR count). The van der Waals surface area contributed by atoms with E-state index in [1.54, 1.807) is 12.1 Å². The molecule has 118 valence electrons. The van der Waals surface area contributed by atoms with Crippen molar-refractivity contribution >= 4 is 28.8 Å². The largest absolute Gasteiger partial charge is 0.416 e. The monoisotopic (exact) mass is 335 g/mol.